The van der Waals surface area contributed by atoms with Gasteiger partial charge in [-0.1, -0.05) is 0 Å². The van der Waals surface area contributed by atoms with Crippen LogP contribution in [0.4, 0.5) is 19.0 Å². The number of anilines is 1. The number of aromatic amines is 1. The maximum atomic E-state index is 14.0. The molecule has 4 rings (SSSR count). The van der Waals surface area contributed by atoms with Gasteiger partial charge >= 0.3 is 11.9 Å². The molecule has 148 valence electrons. The monoisotopic (exact) mass is 398 g/mol. The van der Waals surface area contributed by atoms with E-state index in [2.05, 4.69) is 0 Å². The van der Waals surface area contributed by atoms with Crippen LogP contribution in [-0.4, -0.2) is 27.5 Å². The number of hydrogen-bond acceptors (Lipinski definition) is 5. The first-order valence-electron chi connectivity index (χ1n) is 8.25. The van der Waals surface area contributed by atoms with Gasteiger partial charge < -0.3 is 15.1 Å². The molecule has 28 heavy (non-hydrogen) atoms. The smallest absolute Gasteiger partial charge is 0.425 e. The van der Waals surface area contributed by atoms with Crippen LogP contribution in [0.2, 0.25) is 0 Å². The van der Waals surface area contributed by atoms with Crippen LogP contribution < -0.4 is 21.9 Å². The van der Waals surface area contributed by atoms with Gasteiger partial charge in [0.25, 0.3) is 11.5 Å². The average molecular weight is 398 g/mol. The number of amides is 2. The molecule has 1 aliphatic heterocycles. The van der Waals surface area contributed by atoms with Crippen molar-refractivity contribution in [3.63, 3.8) is 0 Å². The summed E-state index contributed by atoms with van der Waals surface area (Å²) in [5.74, 6) is -3.72. The molecule has 2 aromatic heterocycles. The number of nitrogens with zero attached hydrogens (tertiary/aromatic N) is 1. The van der Waals surface area contributed by atoms with Gasteiger partial charge in [-0.15, -0.1) is 0 Å². The number of hydrogen-bond donors (Lipinski definition) is 3. The normalized spacial score (nSPS) is 21.3. The van der Waals surface area contributed by atoms with Gasteiger partial charge in [-0.05, 0) is 25.0 Å². The molecule has 1 aliphatic carbocycles. The molecular weight excluding hydrogens is 385 g/mol. The highest BCUT2D eigenvalue weighted by Gasteiger charge is 2.69. The second kappa shape index (κ2) is 5.84. The molecule has 1 fully saturated rings. The van der Waals surface area contributed by atoms with Gasteiger partial charge in [0.05, 0.1) is 12.8 Å². The molecule has 9 nitrogen and oxygen atoms in total. The summed E-state index contributed by atoms with van der Waals surface area (Å²) in [6.45, 7) is -0.338. The number of rotatable bonds is 4. The summed E-state index contributed by atoms with van der Waals surface area (Å²) >= 11 is 0. The van der Waals surface area contributed by atoms with Gasteiger partial charge in [-0.3, -0.25) is 23.9 Å². The Morgan fingerprint density at radius 2 is 2.04 bits per heavy atom. The predicted molar refractivity (Wildman–Crippen MR) is 86.4 cm³/mol. The Balaban J connectivity index is 1.93. The highest BCUT2D eigenvalue weighted by atomic mass is 19.4. The fraction of sp³-hybridized carbons (Fsp3) is 0.375. The van der Waals surface area contributed by atoms with Crippen molar-refractivity contribution in [3.8, 4) is 0 Å². The largest absolute Gasteiger partial charge is 0.467 e. The summed E-state index contributed by atoms with van der Waals surface area (Å²) in [4.78, 5) is 50.8. The van der Waals surface area contributed by atoms with Crippen LogP contribution in [-0.2, 0) is 21.7 Å². The molecule has 0 spiro atoms. The molecule has 0 saturated heterocycles. The molecule has 12 heteroatoms. The number of carbonyl (C=O) groups is 2. The predicted octanol–water partition coefficient (Wildman–Crippen LogP) is 0.414. The standard InChI is InChI=1S/C16H13F3N4O5/c17-16(18,19)15(22-11(24)7-3-4-7)9-10(20-13(15)26)23(14(27)21-12(9)25)6-8-2-1-5-28-8/h1-2,5,7H,3-4,6H2,(H,20,26)(H,22,24)(H,21,25,27)/t15-/m0/s1. The molecule has 0 aromatic carbocycles. The van der Waals surface area contributed by atoms with Gasteiger partial charge in [0.1, 0.15) is 17.1 Å². The van der Waals surface area contributed by atoms with Crippen LogP contribution in [0.1, 0.15) is 24.2 Å². The Morgan fingerprint density at radius 3 is 2.61 bits per heavy atom. The number of furan rings is 1. The minimum absolute atomic E-state index is 0.206. The van der Waals surface area contributed by atoms with Crippen molar-refractivity contribution in [1.82, 2.24) is 14.9 Å². The van der Waals surface area contributed by atoms with E-state index in [9.17, 15) is 32.3 Å². The Labute approximate surface area is 153 Å². The van der Waals surface area contributed by atoms with E-state index in [4.69, 9.17) is 4.42 Å². The van der Waals surface area contributed by atoms with Gasteiger partial charge in [-0.25, -0.2) is 4.79 Å². The summed E-state index contributed by atoms with van der Waals surface area (Å²) in [6, 6.07) is 2.97. The van der Waals surface area contributed by atoms with Gasteiger partial charge in [0.15, 0.2) is 0 Å². The van der Waals surface area contributed by atoms with E-state index >= 15 is 0 Å². The molecule has 2 amide bonds. The van der Waals surface area contributed by atoms with Crippen LogP contribution in [0, 0.1) is 5.92 Å². The van der Waals surface area contributed by atoms with Crippen molar-refractivity contribution in [2.75, 3.05) is 5.32 Å². The molecule has 1 atom stereocenters. The number of halogens is 3. The lowest BCUT2D eigenvalue weighted by atomic mass is 9.91. The minimum Gasteiger partial charge on any atom is -0.467 e. The van der Waals surface area contributed by atoms with E-state index in [0.29, 0.717) is 12.8 Å². The third kappa shape index (κ3) is 2.55. The Kier molecular flexibility index (Phi) is 3.77. The number of alkyl halides is 3. The zero-order valence-electron chi connectivity index (χ0n) is 14.1. The molecule has 3 N–H and O–H groups in total. The Hall–Kier alpha value is -3.31. The lowest BCUT2D eigenvalue weighted by Gasteiger charge is -2.30. The van der Waals surface area contributed by atoms with E-state index in [1.807, 2.05) is 5.32 Å². The van der Waals surface area contributed by atoms with Crippen molar-refractivity contribution >= 4 is 17.6 Å². The first-order chi connectivity index (χ1) is 13.1. The van der Waals surface area contributed by atoms with Crippen molar-refractivity contribution in [3.05, 3.63) is 50.6 Å². The van der Waals surface area contributed by atoms with Crippen molar-refractivity contribution in [2.24, 2.45) is 5.92 Å². The summed E-state index contributed by atoms with van der Waals surface area (Å²) in [7, 11) is 0. The van der Waals surface area contributed by atoms with Gasteiger partial charge in [0, 0.05) is 5.92 Å². The average Bonchev–Trinajstić information content (AvgIpc) is 3.24. The van der Waals surface area contributed by atoms with Crippen molar-refractivity contribution in [2.45, 2.75) is 31.1 Å². The summed E-state index contributed by atoms with van der Waals surface area (Å²) in [5, 5.41) is 3.66. The zero-order chi connectivity index (χ0) is 20.3. The summed E-state index contributed by atoms with van der Waals surface area (Å²) < 4.78 is 48.0. The minimum atomic E-state index is -5.33. The third-order valence-electron chi connectivity index (χ3n) is 4.73. The second-order valence-electron chi connectivity index (χ2n) is 6.61. The number of carbonyl (C=O) groups excluding carboxylic acids is 2. The van der Waals surface area contributed by atoms with E-state index in [1.165, 1.54) is 18.4 Å². The lowest BCUT2D eigenvalue weighted by Crippen LogP contribution is -2.62. The lowest BCUT2D eigenvalue weighted by molar-refractivity contribution is -0.201. The summed E-state index contributed by atoms with van der Waals surface area (Å²) in [5.41, 5.74) is -7.12. The number of aromatic nitrogens is 2. The second-order valence-corrected chi connectivity index (χ2v) is 6.61. The quantitative estimate of drug-likeness (QED) is 0.688. The first-order valence-corrected chi connectivity index (χ1v) is 8.25. The molecule has 3 heterocycles. The first kappa shape index (κ1) is 18.1. The molecule has 2 aliphatic rings. The van der Waals surface area contributed by atoms with E-state index < -0.39 is 52.1 Å². The van der Waals surface area contributed by atoms with Crippen molar-refractivity contribution < 1.29 is 27.2 Å². The highest BCUT2D eigenvalue weighted by molar-refractivity contribution is 6.07. The van der Waals surface area contributed by atoms with Crippen LogP contribution >= 0.6 is 0 Å². The SMILES string of the molecule is O=C(N[C@]1(C(F)(F)F)C(=O)Nc2c1c(=O)[nH]c(=O)n2Cc1ccco1)C1CC1. The molecule has 1 saturated carbocycles. The van der Waals surface area contributed by atoms with E-state index in [-0.39, 0.29) is 12.3 Å². The summed E-state index contributed by atoms with van der Waals surface area (Å²) in [6.07, 6.45) is -3.25. The molecule has 0 bridgehead atoms. The van der Waals surface area contributed by atoms with Crippen molar-refractivity contribution in [1.29, 1.82) is 0 Å². The fourth-order valence-corrected chi connectivity index (χ4v) is 3.17. The zero-order valence-corrected chi connectivity index (χ0v) is 14.1. The highest BCUT2D eigenvalue weighted by Crippen LogP contribution is 2.45. The number of nitrogens with one attached hydrogen (secondary N) is 3. The van der Waals surface area contributed by atoms with Crippen LogP contribution in [0.15, 0.2) is 32.4 Å². The Bertz CT molecular complexity index is 1080. The van der Waals surface area contributed by atoms with Gasteiger partial charge in [-0.2, -0.15) is 13.2 Å². The van der Waals surface area contributed by atoms with Crippen LogP contribution in [0.25, 0.3) is 0 Å². The van der Waals surface area contributed by atoms with Gasteiger partial charge in [0.2, 0.25) is 11.4 Å². The number of fused-ring (bicyclic) bond motifs is 1. The van der Waals surface area contributed by atoms with E-state index in [1.54, 1.807) is 10.3 Å². The fourth-order valence-electron chi connectivity index (χ4n) is 3.17. The van der Waals surface area contributed by atoms with Crippen LogP contribution in [0.5, 0.6) is 0 Å². The topological polar surface area (TPSA) is 126 Å². The Morgan fingerprint density at radius 1 is 1.32 bits per heavy atom. The maximum absolute atomic E-state index is 14.0. The molecule has 0 unspecified atom stereocenters. The molecule has 2 aromatic rings. The van der Waals surface area contributed by atoms with Crippen LogP contribution in [0.3, 0.4) is 0 Å². The third-order valence-corrected chi connectivity index (χ3v) is 4.73. The van der Waals surface area contributed by atoms with E-state index in [0.717, 1.165) is 4.57 Å². The molecular formula is C16H13F3N4O5. The maximum Gasteiger partial charge on any atom is 0.425 e. The molecule has 0 radical (unpaired) electrons. The number of H-pyrrole nitrogens is 1.